The highest BCUT2D eigenvalue weighted by molar-refractivity contribution is 6.42. The van der Waals surface area contributed by atoms with E-state index in [-0.39, 0.29) is 0 Å². The number of benzene rings is 1. The number of fused-ring (bicyclic) bond motifs is 1. The second-order valence-electron chi connectivity index (χ2n) is 2.46. The quantitative estimate of drug-likeness (QED) is 0.630. The molecule has 0 radical (unpaired) electrons. The SMILES string of the molecule is Clc1cccc2cncc(Cl)c12. The van der Waals surface area contributed by atoms with Crippen LogP contribution in [-0.2, 0) is 0 Å². The Kier molecular flexibility index (Phi) is 1.91. The molecule has 0 N–H and O–H groups in total. The van der Waals surface area contributed by atoms with Crippen LogP contribution in [0.15, 0.2) is 30.6 Å². The summed E-state index contributed by atoms with van der Waals surface area (Å²) in [6, 6.07) is 5.62. The molecule has 12 heavy (non-hydrogen) atoms. The van der Waals surface area contributed by atoms with Crippen LogP contribution in [-0.4, -0.2) is 4.98 Å². The zero-order valence-corrected chi connectivity index (χ0v) is 7.60. The Balaban J connectivity index is 2.96. The van der Waals surface area contributed by atoms with Crippen molar-refractivity contribution in [2.24, 2.45) is 0 Å². The highest BCUT2D eigenvalue weighted by Gasteiger charge is 2.01. The largest absolute Gasteiger partial charge is 0.263 e. The van der Waals surface area contributed by atoms with Crippen molar-refractivity contribution in [3.8, 4) is 0 Å². The maximum Gasteiger partial charge on any atom is 0.0682 e. The summed E-state index contributed by atoms with van der Waals surface area (Å²) in [5.74, 6) is 0. The molecule has 1 aromatic heterocycles. The summed E-state index contributed by atoms with van der Waals surface area (Å²) in [7, 11) is 0. The molecule has 0 bridgehead atoms. The molecule has 2 aromatic rings. The van der Waals surface area contributed by atoms with Crippen molar-refractivity contribution in [2.45, 2.75) is 0 Å². The lowest BCUT2D eigenvalue weighted by Gasteiger charge is -2.00. The van der Waals surface area contributed by atoms with Crippen molar-refractivity contribution in [1.29, 1.82) is 0 Å². The second-order valence-corrected chi connectivity index (χ2v) is 3.27. The van der Waals surface area contributed by atoms with Crippen LogP contribution >= 0.6 is 23.2 Å². The van der Waals surface area contributed by atoms with Crippen LogP contribution < -0.4 is 0 Å². The average Bonchev–Trinajstić information content (AvgIpc) is 2.04. The van der Waals surface area contributed by atoms with E-state index < -0.39 is 0 Å². The fraction of sp³-hybridized carbons (Fsp3) is 0. The molecular formula is C9H5Cl2N. The fourth-order valence-corrected chi connectivity index (χ4v) is 1.75. The van der Waals surface area contributed by atoms with Gasteiger partial charge in [-0.1, -0.05) is 35.3 Å². The molecule has 0 saturated carbocycles. The molecule has 1 nitrogen and oxygen atoms in total. The minimum Gasteiger partial charge on any atom is -0.263 e. The Labute approximate surface area is 79.9 Å². The molecule has 0 fully saturated rings. The van der Waals surface area contributed by atoms with Gasteiger partial charge >= 0.3 is 0 Å². The third-order valence-corrected chi connectivity index (χ3v) is 2.29. The molecule has 60 valence electrons. The normalized spacial score (nSPS) is 10.5. The Morgan fingerprint density at radius 1 is 1.00 bits per heavy atom. The smallest absolute Gasteiger partial charge is 0.0682 e. The van der Waals surface area contributed by atoms with Crippen LogP contribution in [0.3, 0.4) is 0 Å². The molecule has 0 atom stereocenters. The molecule has 1 heterocycles. The second kappa shape index (κ2) is 2.92. The molecule has 0 unspecified atom stereocenters. The van der Waals surface area contributed by atoms with E-state index in [4.69, 9.17) is 23.2 Å². The number of hydrogen-bond acceptors (Lipinski definition) is 1. The first-order valence-corrected chi connectivity index (χ1v) is 4.22. The summed E-state index contributed by atoms with van der Waals surface area (Å²) in [6.45, 7) is 0. The van der Waals surface area contributed by atoms with Gasteiger partial charge in [-0.3, -0.25) is 4.98 Å². The van der Waals surface area contributed by atoms with Crippen LogP contribution in [0.5, 0.6) is 0 Å². The highest BCUT2D eigenvalue weighted by atomic mass is 35.5. The molecule has 0 saturated heterocycles. The molecule has 0 spiro atoms. The van der Waals surface area contributed by atoms with E-state index in [0.717, 1.165) is 10.8 Å². The summed E-state index contributed by atoms with van der Waals surface area (Å²) in [6.07, 6.45) is 3.34. The van der Waals surface area contributed by atoms with E-state index in [1.165, 1.54) is 0 Å². The Morgan fingerprint density at radius 3 is 2.58 bits per heavy atom. The van der Waals surface area contributed by atoms with Crippen molar-refractivity contribution in [3.05, 3.63) is 40.6 Å². The van der Waals surface area contributed by atoms with Gasteiger partial charge in [0, 0.05) is 23.2 Å². The Morgan fingerprint density at radius 2 is 1.83 bits per heavy atom. The van der Waals surface area contributed by atoms with Crippen LogP contribution in [0.25, 0.3) is 10.8 Å². The summed E-state index contributed by atoms with van der Waals surface area (Å²) in [4.78, 5) is 3.96. The lowest BCUT2D eigenvalue weighted by Crippen LogP contribution is -1.77. The maximum atomic E-state index is 5.95. The predicted octanol–water partition coefficient (Wildman–Crippen LogP) is 3.54. The van der Waals surface area contributed by atoms with Gasteiger partial charge in [0.2, 0.25) is 0 Å². The van der Waals surface area contributed by atoms with Gasteiger partial charge in [-0.25, -0.2) is 0 Å². The van der Waals surface area contributed by atoms with E-state index in [9.17, 15) is 0 Å². The van der Waals surface area contributed by atoms with E-state index in [2.05, 4.69) is 4.98 Å². The third kappa shape index (κ3) is 1.15. The topological polar surface area (TPSA) is 12.9 Å². The van der Waals surface area contributed by atoms with Crippen molar-refractivity contribution < 1.29 is 0 Å². The number of halogens is 2. The summed E-state index contributed by atoms with van der Waals surface area (Å²) >= 11 is 11.9. The van der Waals surface area contributed by atoms with E-state index in [1.807, 2.05) is 18.2 Å². The van der Waals surface area contributed by atoms with E-state index in [0.29, 0.717) is 10.0 Å². The number of aromatic nitrogens is 1. The van der Waals surface area contributed by atoms with Crippen LogP contribution in [0.1, 0.15) is 0 Å². The van der Waals surface area contributed by atoms with Gasteiger partial charge in [-0.05, 0) is 6.07 Å². The van der Waals surface area contributed by atoms with Crippen molar-refractivity contribution in [2.75, 3.05) is 0 Å². The molecule has 0 aliphatic carbocycles. The number of pyridine rings is 1. The van der Waals surface area contributed by atoms with Crippen LogP contribution in [0.4, 0.5) is 0 Å². The van der Waals surface area contributed by atoms with Gasteiger partial charge < -0.3 is 0 Å². The van der Waals surface area contributed by atoms with Crippen molar-refractivity contribution >= 4 is 34.0 Å². The molecular weight excluding hydrogens is 193 g/mol. The van der Waals surface area contributed by atoms with Crippen molar-refractivity contribution in [3.63, 3.8) is 0 Å². The van der Waals surface area contributed by atoms with Gasteiger partial charge in [0.1, 0.15) is 0 Å². The zero-order valence-electron chi connectivity index (χ0n) is 6.09. The lowest BCUT2D eigenvalue weighted by atomic mass is 10.2. The molecule has 3 heteroatoms. The molecule has 1 aromatic carbocycles. The summed E-state index contributed by atoms with van der Waals surface area (Å²) in [5.41, 5.74) is 0. The molecule has 0 aliphatic heterocycles. The zero-order chi connectivity index (χ0) is 8.55. The Hall–Kier alpha value is -0.790. The highest BCUT2D eigenvalue weighted by Crippen LogP contribution is 2.28. The van der Waals surface area contributed by atoms with Gasteiger partial charge in [0.15, 0.2) is 0 Å². The number of hydrogen-bond donors (Lipinski definition) is 0. The first-order valence-electron chi connectivity index (χ1n) is 3.47. The van der Waals surface area contributed by atoms with E-state index >= 15 is 0 Å². The number of nitrogens with zero attached hydrogens (tertiary/aromatic N) is 1. The van der Waals surface area contributed by atoms with Crippen molar-refractivity contribution in [1.82, 2.24) is 4.98 Å². The molecule has 0 aliphatic rings. The summed E-state index contributed by atoms with van der Waals surface area (Å²) < 4.78 is 0. The third-order valence-electron chi connectivity index (χ3n) is 1.69. The van der Waals surface area contributed by atoms with Gasteiger partial charge in [0.05, 0.1) is 10.0 Å². The van der Waals surface area contributed by atoms with Gasteiger partial charge in [0.25, 0.3) is 0 Å². The first kappa shape index (κ1) is 7.84. The minimum absolute atomic E-state index is 0.595. The Bertz CT molecular complexity index is 389. The van der Waals surface area contributed by atoms with Gasteiger partial charge in [-0.15, -0.1) is 0 Å². The van der Waals surface area contributed by atoms with E-state index in [1.54, 1.807) is 12.4 Å². The van der Waals surface area contributed by atoms with Crippen LogP contribution in [0, 0.1) is 0 Å². The average molecular weight is 198 g/mol. The lowest BCUT2D eigenvalue weighted by molar-refractivity contribution is 1.36. The molecule has 0 amide bonds. The summed E-state index contributed by atoms with van der Waals surface area (Å²) in [5, 5.41) is 3.10. The van der Waals surface area contributed by atoms with Crippen LogP contribution in [0.2, 0.25) is 10.0 Å². The predicted molar refractivity (Wildman–Crippen MR) is 51.8 cm³/mol. The fourth-order valence-electron chi connectivity index (χ4n) is 1.15. The maximum absolute atomic E-state index is 5.95. The monoisotopic (exact) mass is 197 g/mol. The first-order chi connectivity index (χ1) is 5.79. The number of rotatable bonds is 0. The molecule has 2 rings (SSSR count). The standard InChI is InChI=1S/C9H5Cl2N/c10-7-3-1-2-6-4-12-5-8(11)9(6)7/h1-5H. The van der Waals surface area contributed by atoms with Gasteiger partial charge in [-0.2, -0.15) is 0 Å². The minimum atomic E-state index is 0.595.